The molecule has 0 bridgehead atoms. The lowest BCUT2D eigenvalue weighted by Gasteiger charge is -2.23. The Balaban J connectivity index is 3.64. The molecule has 0 fully saturated rings. The first-order chi connectivity index (χ1) is 20.0. The summed E-state index contributed by atoms with van der Waals surface area (Å²) >= 11 is 0. The molecule has 3 unspecified atom stereocenters. The third kappa shape index (κ3) is 29.2. The third-order valence-electron chi connectivity index (χ3n) is 8.67. The molecule has 0 radical (unpaired) electrons. The van der Waals surface area contributed by atoms with Gasteiger partial charge in [0, 0.05) is 0 Å². The van der Waals surface area contributed by atoms with Crippen LogP contribution in [0.1, 0.15) is 200 Å². The van der Waals surface area contributed by atoms with Crippen LogP contribution in [0.3, 0.4) is 0 Å². The van der Waals surface area contributed by atoms with Gasteiger partial charge in [-0.1, -0.05) is 181 Å². The van der Waals surface area contributed by atoms with E-state index in [1.54, 1.807) is 0 Å². The van der Waals surface area contributed by atoms with Crippen molar-refractivity contribution in [3.63, 3.8) is 0 Å². The van der Waals surface area contributed by atoms with Crippen molar-refractivity contribution in [1.29, 1.82) is 0 Å². The van der Waals surface area contributed by atoms with E-state index in [1.165, 1.54) is 141 Å². The van der Waals surface area contributed by atoms with Gasteiger partial charge in [-0.05, 0) is 12.8 Å². The fourth-order valence-electron chi connectivity index (χ4n) is 5.82. The summed E-state index contributed by atoms with van der Waals surface area (Å²) in [5.74, 6) is -0.282. The van der Waals surface area contributed by atoms with Gasteiger partial charge in [0.2, 0.25) is 5.91 Å². The van der Waals surface area contributed by atoms with Crippen LogP contribution in [-0.2, 0) is 4.79 Å². The number of carbonyl (C=O) groups is 1. The molecule has 0 aromatic carbocycles. The molecule has 0 aromatic rings. The van der Waals surface area contributed by atoms with Gasteiger partial charge in [-0.15, -0.1) is 0 Å². The number of amides is 1. The average Bonchev–Trinajstić information content (AvgIpc) is 2.96. The van der Waals surface area contributed by atoms with Gasteiger partial charge in [-0.3, -0.25) is 4.79 Å². The predicted molar refractivity (Wildman–Crippen MR) is 176 cm³/mol. The second kappa shape index (κ2) is 32.3. The molecule has 0 saturated heterocycles. The zero-order valence-corrected chi connectivity index (χ0v) is 27.7. The van der Waals surface area contributed by atoms with Crippen LogP contribution in [0.2, 0.25) is 0 Å². The van der Waals surface area contributed by atoms with Crippen molar-refractivity contribution in [1.82, 2.24) is 5.32 Å². The molecule has 0 aromatic heterocycles. The standard InChI is InChI=1S/C36H73NO4/c1-3-5-7-9-11-13-15-16-17-18-20-21-23-25-27-29-33(39)31-36(41)37-34(32-38)35(40)30-28-26-24-22-19-14-12-10-8-6-4-2/h33-35,38-40H,3-32H2,1-2H3,(H,37,41). The lowest BCUT2D eigenvalue weighted by atomic mass is 10.0. The van der Waals surface area contributed by atoms with Gasteiger partial charge >= 0.3 is 0 Å². The summed E-state index contributed by atoms with van der Waals surface area (Å²) in [5, 5.41) is 33.1. The minimum Gasteiger partial charge on any atom is -0.394 e. The molecule has 3 atom stereocenters. The normalized spacial score (nSPS) is 13.8. The topological polar surface area (TPSA) is 89.8 Å². The molecule has 0 aliphatic heterocycles. The fraction of sp³-hybridized carbons (Fsp3) is 0.972. The van der Waals surface area contributed by atoms with Crippen LogP contribution in [0.5, 0.6) is 0 Å². The van der Waals surface area contributed by atoms with Gasteiger partial charge in [-0.2, -0.15) is 0 Å². The minimum atomic E-state index is -0.741. The van der Waals surface area contributed by atoms with Gasteiger partial charge in [0.15, 0.2) is 0 Å². The molecular weight excluding hydrogens is 510 g/mol. The first-order valence-corrected chi connectivity index (χ1v) is 18.3. The number of hydrogen-bond acceptors (Lipinski definition) is 4. The van der Waals surface area contributed by atoms with Crippen LogP contribution < -0.4 is 5.32 Å². The van der Waals surface area contributed by atoms with E-state index in [9.17, 15) is 20.1 Å². The van der Waals surface area contributed by atoms with Crippen molar-refractivity contribution in [3.05, 3.63) is 0 Å². The Hall–Kier alpha value is -0.650. The minimum absolute atomic E-state index is 0.0419. The van der Waals surface area contributed by atoms with Crippen LogP contribution in [0, 0.1) is 0 Å². The summed E-state index contributed by atoms with van der Waals surface area (Å²) in [6.45, 7) is 4.24. The Labute approximate surface area is 256 Å². The lowest BCUT2D eigenvalue weighted by Crippen LogP contribution is -2.46. The number of aliphatic hydroxyl groups excluding tert-OH is 3. The van der Waals surface area contributed by atoms with E-state index < -0.39 is 18.2 Å². The van der Waals surface area contributed by atoms with Gasteiger partial charge < -0.3 is 20.6 Å². The van der Waals surface area contributed by atoms with E-state index in [1.807, 2.05) is 0 Å². The van der Waals surface area contributed by atoms with Crippen LogP contribution >= 0.6 is 0 Å². The van der Waals surface area contributed by atoms with Gasteiger partial charge in [0.1, 0.15) is 0 Å². The summed E-state index contributed by atoms with van der Waals surface area (Å²) in [7, 11) is 0. The molecule has 4 N–H and O–H groups in total. The zero-order chi connectivity index (χ0) is 30.2. The second-order valence-electron chi connectivity index (χ2n) is 12.8. The van der Waals surface area contributed by atoms with E-state index in [4.69, 9.17) is 0 Å². The molecule has 0 aliphatic carbocycles. The number of rotatable bonds is 33. The van der Waals surface area contributed by atoms with E-state index in [2.05, 4.69) is 19.2 Å². The Morgan fingerprint density at radius 2 is 0.829 bits per heavy atom. The van der Waals surface area contributed by atoms with Gasteiger partial charge in [0.05, 0.1) is 31.3 Å². The average molecular weight is 584 g/mol. The van der Waals surface area contributed by atoms with Crippen LogP contribution in [0.25, 0.3) is 0 Å². The lowest BCUT2D eigenvalue weighted by molar-refractivity contribution is -0.125. The number of hydrogen-bond donors (Lipinski definition) is 4. The van der Waals surface area contributed by atoms with E-state index in [0.29, 0.717) is 12.8 Å². The summed E-state index contributed by atoms with van der Waals surface area (Å²) in [6.07, 6.45) is 33.4. The summed E-state index contributed by atoms with van der Waals surface area (Å²) < 4.78 is 0. The van der Waals surface area contributed by atoms with Crippen LogP contribution in [-0.4, -0.2) is 46.1 Å². The third-order valence-corrected chi connectivity index (χ3v) is 8.67. The molecular formula is C36H73NO4. The van der Waals surface area contributed by atoms with E-state index in [-0.39, 0.29) is 18.9 Å². The van der Waals surface area contributed by atoms with Gasteiger partial charge in [-0.25, -0.2) is 0 Å². The molecule has 41 heavy (non-hydrogen) atoms. The maximum atomic E-state index is 12.4. The highest BCUT2D eigenvalue weighted by Gasteiger charge is 2.21. The molecule has 0 rings (SSSR count). The number of aliphatic hydroxyl groups is 3. The summed E-state index contributed by atoms with van der Waals surface area (Å²) in [6, 6.07) is -0.649. The SMILES string of the molecule is CCCCCCCCCCCCCCCCCC(O)CC(=O)NC(CO)C(O)CCCCCCCCCCCCC. The van der Waals surface area contributed by atoms with E-state index >= 15 is 0 Å². The quantitative estimate of drug-likeness (QED) is 0.0579. The number of unbranched alkanes of at least 4 members (excludes halogenated alkanes) is 24. The van der Waals surface area contributed by atoms with Crippen molar-refractivity contribution in [3.8, 4) is 0 Å². The second-order valence-corrected chi connectivity index (χ2v) is 12.8. The smallest absolute Gasteiger partial charge is 0.222 e. The number of carbonyl (C=O) groups excluding carboxylic acids is 1. The summed E-state index contributed by atoms with van der Waals surface area (Å²) in [4.78, 5) is 12.4. The Kier molecular flexibility index (Phi) is 31.8. The van der Waals surface area contributed by atoms with Crippen molar-refractivity contribution in [2.75, 3.05) is 6.61 Å². The Morgan fingerprint density at radius 3 is 1.17 bits per heavy atom. The summed E-state index contributed by atoms with van der Waals surface area (Å²) in [5.41, 5.74) is 0. The van der Waals surface area contributed by atoms with E-state index in [0.717, 1.165) is 25.7 Å². The monoisotopic (exact) mass is 584 g/mol. The van der Waals surface area contributed by atoms with Crippen LogP contribution in [0.4, 0.5) is 0 Å². The Bertz CT molecular complexity index is 530. The largest absolute Gasteiger partial charge is 0.394 e. The Morgan fingerprint density at radius 1 is 0.512 bits per heavy atom. The maximum absolute atomic E-state index is 12.4. The molecule has 246 valence electrons. The van der Waals surface area contributed by atoms with Crippen molar-refractivity contribution >= 4 is 5.91 Å². The molecule has 5 nitrogen and oxygen atoms in total. The van der Waals surface area contributed by atoms with Gasteiger partial charge in [0.25, 0.3) is 0 Å². The maximum Gasteiger partial charge on any atom is 0.222 e. The predicted octanol–water partition coefficient (Wildman–Crippen LogP) is 9.54. The highest BCUT2D eigenvalue weighted by atomic mass is 16.3. The first kappa shape index (κ1) is 40.4. The highest BCUT2D eigenvalue weighted by molar-refractivity contribution is 5.76. The van der Waals surface area contributed by atoms with Crippen molar-refractivity contribution in [2.24, 2.45) is 0 Å². The number of nitrogens with one attached hydrogen (secondary N) is 1. The molecule has 0 saturated carbocycles. The highest BCUT2D eigenvalue weighted by Crippen LogP contribution is 2.16. The molecule has 0 aliphatic rings. The molecule has 0 heterocycles. The fourth-order valence-corrected chi connectivity index (χ4v) is 5.82. The van der Waals surface area contributed by atoms with Crippen LogP contribution in [0.15, 0.2) is 0 Å². The first-order valence-electron chi connectivity index (χ1n) is 18.3. The van der Waals surface area contributed by atoms with Crippen molar-refractivity contribution < 1.29 is 20.1 Å². The molecule has 0 spiro atoms. The molecule has 1 amide bonds. The zero-order valence-electron chi connectivity index (χ0n) is 27.7. The molecule has 5 heteroatoms. The van der Waals surface area contributed by atoms with Crippen molar-refractivity contribution in [2.45, 2.75) is 218 Å².